The van der Waals surface area contributed by atoms with Crippen LogP contribution in [0.4, 0.5) is 0 Å². The topological polar surface area (TPSA) is 74.0 Å². The van der Waals surface area contributed by atoms with Crippen LogP contribution in [0.25, 0.3) is 0 Å². The predicted octanol–water partition coefficient (Wildman–Crippen LogP) is 2.29. The number of hydrogen-bond acceptors (Lipinski definition) is 4. The SMILES string of the molecule is CN=C(NCC1CCCN(C)C1c1cccs1)N1CCCC(CC(N)=O)C1. The van der Waals surface area contributed by atoms with Gasteiger partial charge < -0.3 is 16.0 Å². The van der Waals surface area contributed by atoms with Crippen molar-refractivity contribution >= 4 is 23.2 Å². The zero-order valence-electron chi connectivity index (χ0n) is 16.6. The van der Waals surface area contributed by atoms with Gasteiger partial charge in [0.05, 0.1) is 0 Å². The van der Waals surface area contributed by atoms with Gasteiger partial charge >= 0.3 is 0 Å². The summed E-state index contributed by atoms with van der Waals surface area (Å²) in [6.45, 7) is 3.95. The first-order chi connectivity index (χ1) is 13.1. The summed E-state index contributed by atoms with van der Waals surface area (Å²) in [5.74, 6) is 1.68. The van der Waals surface area contributed by atoms with Gasteiger partial charge in [0.15, 0.2) is 5.96 Å². The van der Waals surface area contributed by atoms with Crippen molar-refractivity contribution in [1.82, 2.24) is 15.1 Å². The third-order valence-corrected chi connectivity index (χ3v) is 6.83. The second-order valence-corrected chi connectivity index (χ2v) is 8.88. The molecule has 3 N–H and O–H groups in total. The number of guanidine groups is 1. The summed E-state index contributed by atoms with van der Waals surface area (Å²) in [6.07, 6.45) is 5.11. The van der Waals surface area contributed by atoms with Crippen LogP contribution in [0.5, 0.6) is 0 Å². The van der Waals surface area contributed by atoms with Crippen molar-refractivity contribution in [3.05, 3.63) is 22.4 Å². The maximum Gasteiger partial charge on any atom is 0.217 e. The third kappa shape index (κ3) is 5.23. The first kappa shape index (κ1) is 20.1. The van der Waals surface area contributed by atoms with Gasteiger partial charge in [-0.15, -0.1) is 11.3 Å². The lowest BCUT2D eigenvalue weighted by atomic mass is 9.88. The Hall–Kier alpha value is -1.60. The summed E-state index contributed by atoms with van der Waals surface area (Å²) in [7, 11) is 4.09. The molecule has 0 aromatic carbocycles. The van der Waals surface area contributed by atoms with Gasteiger partial charge in [-0.3, -0.25) is 14.7 Å². The molecule has 150 valence electrons. The van der Waals surface area contributed by atoms with E-state index in [1.165, 1.54) is 17.7 Å². The number of aliphatic imine (C=N–C) groups is 1. The number of carbonyl (C=O) groups excluding carboxylic acids is 1. The standard InChI is InChI=1S/C20H33N5OS/c1-22-20(25-10-3-6-15(14-25)12-18(21)26)23-13-16-7-4-9-24(2)19(16)17-8-5-11-27-17/h5,8,11,15-16,19H,3-4,6-7,9-10,12-14H2,1-2H3,(H2,21,26)(H,22,23). The van der Waals surface area contributed by atoms with Crippen LogP contribution in [0.1, 0.15) is 43.0 Å². The number of nitrogens with one attached hydrogen (secondary N) is 1. The molecule has 1 aromatic heterocycles. The number of likely N-dealkylation sites (tertiary alicyclic amines) is 2. The molecule has 0 radical (unpaired) electrons. The molecular formula is C20H33N5OS. The molecule has 2 aliphatic rings. The minimum Gasteiger partial charge on any atom is -0.370 e. The molecule has 1 amide bonds. The second kappa shape index (κ2) is 9.55. The molecule has 6 nitrogen and oxygen atoms in total. The molecule has 3 atom stereocenters. The molecule has 0 bridgehead atoms. The maximum atomic E-state index is 11.3. The zero-order valence-corrected chi connectivity index (χ0v) is 17.4. The van der Waals surface area contributed by atoms with E-state index in [2.05, 4.69) is 44.7 Å². The van der Waals surface area contributed by atoms with Crippen molar-refractivity contribution in [3.63, 3.8) is 0 Å². The lowest BCUT2D eigenvalue weighted by Crippen LogP contribution is -2.49. The zero-order chi connectivity index (χ0) is 19.2. The average Bonchev–Trinajstić information content (AvgIpc) is 3.16. The van der Waals surface area contributed by atoms with Crippen LogP contribution in [0.3, 0.4) is 0 Å². The van der Waals surface area contributed by atoms with Gasteiger partial charge in [0, 0.05) is 44.0 Å². The van der Waals surface area contributed by atoms with Crippen LogP contribution in [0.15, 0.2) is 22.5 Å². The van der Waals surface area contributed by atoms with E-state index in [9.17, 15) is 4.79 Å². The Labute approximate surface area is 166 Å². The van der Waals surface area contributed by atoms with E-state index in [0.29, 0.717) is 24.3 Å². The van der Waals surface area contributed by atoms with Crippen molar-refractivity contribution in [1.29, 1.82) is 0 Å². The first-order valence-corrected chi connectivity index (χ1v) is 10.9. The van der Waals surface area contributed by atoms with E-state index < -0.39 is 0 Å². The Balaban J connectivity index is 1.60. The number of carbonyl (C=O) groups is 1. The van der Waals surface area contributed by atoms with Crippen LogP contribution < -0.4 is 11.1 Å². The first-order valence-electron chi connectivity index (χ1n) is 10.1. The number of thiophene rings is 1. The highest BCUT2D eigenvalue weighted by Gasteiger charge is 2.32. The van der Waals surface area contributed by atoms with Crippen molar-refractivity contribution in [2.24, 2.45) is 22.6 Å². The monoisotopic (exact) mass is 391 g/mol. The van der Waals surface area contributed by atoms with Gasteiger partial charge in [-0.25, -0.2) is 0 Å². The normalized spacial score (nSPS) is 27.6. The van der Waals surface area contributed by atoms with Crippen molar-refractivity contribution < 1.29 is 4.79 Å². The number of nitrogens with two attached hydrogens (primary N) is 1. The van der Waals surface area contributed by atoms with Gasteiger partial charge in [0.2, 0.25) is 5.91 Å². The lowest BCUT2D eigenvalue weighted by molar-refractivity contribution is -0.119. The molecule has 7 heteroatoms. The Morgan fingerprint density at radius 2 is 2.19 bits per heavy atom. The summed E-state index contributed by atoms with van der Waals surface area (Å²) in [4.78, 5) is 22.0. The van der Waals surface area contributed by atoms with E-state index in [1.807, 2.05) is 18.4 Å². The van der Waals surface area contributed by atoms with Crippen molar-refractivity contribution in [3.8, 4) is 0 Å². The molecule has 0 aliphatic carbocycles. The molecular weight excluding hydrogens is 358 g/mol. The fourth-order valence-corrected chi connectivity index (χ4v) is 5.63. The number of piperidine rings is 2. The Bertz CT molecular complexity index is 632. The Morgan fingerprint density at radius 3 is 2.89 bits per heavy atom. The molecule has 0 spiro atoms. The van der Waals surface area contributed by atoms with E-state index in [1.54, 1.807) is 0 Å². The number of amides is 1. The second-order valence-electron chi connectivity index (χ2n) is 7.90. The van der Waals surface area contributed by atoms with Gasteiger partial charge in [-0.05, 0) is 62.6 Å². The summed E-state index contributed by atoms with van der Waals surface area (Å²) >= 11 is 1.86. The summed E-state index contributed by atoms with van der Waals surface area (Å²) in [5.41, 5.74) is 5.40. The highest BCUT2D eigenvalue weighted by Crippen LogP contribution is 2.36. The largest absolute Gasteiger partial charge is 0.370 e. The van der Waals surface area contributed by atoms with Crippen LogP contribution >= 0.6 is 11.3 Å². The molecule has 2 saturated heterocycles. The summed E-state index contributed by atoms with van der Waals surface area (Å²) in [6, 6.07) is 4.89. The van der Waals surface area contributed by atoms with Crippen LogP contribution in [0.2, 0.25) is 0 Å². The molecule has 2 fully saturated rings. The fourth-order valence-electron chi connectivity index (χ4n) is 4.65. The molecule has 3 unspecified atom stereocenters. The minimum absolute atomic E-state index is 0.200. The van der Waals surface area contributed by atoms with Crippen LogP contribution in [-0.4, -0.2) is 61.9 Å². The minimum atomic E-state index is -0.200. The summed E-state index contributed by atoms with van der Waals surface area (Å²) in [5, 5.41) is 5.81. The van der Waals surface area contributed by atoms with Crippen LogP contribution in [0, 0.1) is 11.8 Å². The van der Waals surface area contributed by atoms with E-state index >= 15 is 0 Å². The Kier molecular flexibility index (Phi) is 7.13. The molecule has 0 saturated carbocycles. The maximum absolute atomic E-state index is 11.3. The predicted molar refractivity (Wildman–Crippen MR) is 112 cm³/mol. The Morgan fingerprint density at radius 1 is 1.37 bits per heavy atom. The van der Waals surface area contributed by atoms with Gasteiger partial charge in [0.25, 0.3) is 0 Å². The third-order valence-electron chi connectivity index (χ3n) is 5.88. The summed E-state index contributed by atoms with van der Waals surface area (Å²) < 4.78 is 0. The van der Waals surface area contributed by atoms with E-state index in [-0.39, 0.29) is 5.91 Å². The van der Waals surface area contributed by atoms with Crippen molar-refractivity contribution in [2.75, 3.05) is 40.3 Å². The molecule has 3 heterocycles. The van der Waals surface area contributed by atoms with Crippen molar-refractivity contribution in [2.45, 2.75) is 38.1 Å². The van der Waals surface area contributed by atoms with E-state index in [4.69, 9.17) is 5.73 Å². The number of primary amides is 1. The van der Waals surface area contributed by atoms with Gasteiger partial charge in [-0.2, -0.15) is 0 Å². The van der Waals surface area contributed by atoms with E-state index in [0.717, 1.165) is 45.0 Å². The number of nitrogens with zero attached hydrogens (tertiary/aromatic N) is 3. The molecule has 1 aromatic rings. The van der Waals surface area contributed by atoms with Gasteiger partial charge in [-0.1, -0.05) is 6.07 Å². The van der Waals surface area contributed by atoms with Gasteiger partial charge in [0.1, 0.15) is 0 Å². The highest BCUT2D eigenvalue weighted by atomic mass is 32.1. The number of hydrogen-bond donors (Lipinski definition) is 2. The van der Waals surface area contributed by atoms with Crippen LogP contribution in [-0.2, 0) is 4.79 Å². The fraction of sp³-hybridized carbons (Fsp3) is 0.700. The smallest absolute Gasteiger partial charge is 0.217 e. The average molecular weight is 392 g/mol. The molecule has 27 heavy (non-hydrogen) atoms. The molecule has 2 aliphatic heterocycles. The lowest BCUT2D eigenvalue weighted by Gasteiger charge is -2.40. The quantitative estimate of drug-likeness (QED) is 0.597. The number of rotatable bonds is 5. The molecule has 3 rings (SSSR count). The highest BCUT2D eigenvalue weighted by molar-refractivity contribution is 7.10.